The van der Waals surface area contributed by atoms with E-state index in [0.29, 0.717) is 6.54 Å². The Morgan fingerprint density at radius 1 is 1.12 bits per heavy atom. The normalized spacial score (nSPS) is 15.3. The van der Waals surface area contributed by atoms with Gasteiger partial charge in [0.25, 0.3) is 0 Å². The Morgan fingerprint density at radius 3 is 2.62 bits per heavy atom. The van der Waals surface area contributed by atoms with Gasteiger partial charge in [-0.05, 0) is 67.5 Å². The first-order valence-electron chi connectivity index (χ1n) is 6.10. The van der Waals surface area contributed by atoms with Crippen molar-refractivity contribution in [1.82, 2.24) is 0 Å². The molecule has 1 heterocycles. The van der Waals surface area contributed by atoms with E-state index in [2.05, 4.69) is 12.1 Å². The molecule has 0 aliphatic heterocycles. The van der Waals surface area contributed by atoms with Crippen LogP contribution < -0.4 is 5.73 Å². The Bertz CT molecular complexity index is 513. The summed E-state index contributed by atoms with van der Waals surface area (Å²) < 4.78 is 5.61. The van der Waals surface area contributed by atoms with Gasteiger partial charge >= 0.3 is 0 Å². The Hall–Kier alpha value is -1.28. The fourth-order valence-corrected chi connectivity index (χ4v) is 2.66. The number of hydrogen-bond acceptors (Lipinski definition) is 2. The van der Waals surface area contributed by atoms with Crippen molar-refractivity contribution < 1.29 is 4.42 Å². The van der Waals surface area contributed by atoms with Gasteiger partial charge in [-0.25, -0.2) is 0 Å². The van der Waals surface area contributed by atoms with E-state index in [-0.39, 0.29) is 0 Å². The lowest BCUT2D eigenvalue weighted by Crippen LogP contribution is -2.03. The average molecular weight is 215 g/mol. The van der Waals surface area contributed by atoms with Crippen molar-refractivity contribution in [2.24, 2.45) is 5.73 Å². The third kappa shape index (κ3) is 1.54. The fraction of sp³-hybridized carbons (Fsp3) is 0.429. The van der Waals surface area contributed by atoms with E-state index >= 15 is 0 Å². The highest BCUT2D eigenvalue weighted by molar-refractivity contribution is 5.83. The summed E-state index contributed by atoms with van der Waals surface area (Å²) in [5.41, 5.74) is 10.9. The number of fused-ring (bicyclic) bond motifs is 2. The van der Waals surface area contributed by atoms with Crippen LogP contribution in [0.5, 0.6) is 0 Å². The van der Waals surface area contributed by atoms with E-state index in [1.807, 2.05) is 6.26 Å². The average Bonchev–Trinajstić information content (AvgIpc) is 2.70. The van der Waals surface area contributed by atoms with Crippen molar-refractivity contribution in [3.8, 4) is 0 Å². The largest absolute Gasteiger partial charge is 0.464 e. The molecule has 1 aliphatic carbocycles. The smallest absolute Gasteiger partial charge is 0.134 e. The second-order valence-electron chi connectivity index (χ2n) is 4.62. The molecule has 3 rings (SSSR count). The van der Waals surface area contributed by atoms with Crippen molar-refractivity contribution in [3.63, 3.8) is 0 Å². The second-order valence-corrected chi connectivity index (χ2v) is 4.62. The van der Waals surface area contributed by atoms with Gasteiger partial charge in [-0.2, -0.15) is 0 Å². The minimum atomic E-state index is 0.686. The van der Waals surface area contributed by atoms with Gasteiger partial charge in [0.15, 0.2) is 0 Å². The molecule has 1 aromatic carbocycles. The molecule has 1 aliphatic rings. The van der Waals surface area contributed by atoms with E-state index in [1.54, 1.807) is 0 Å². The Balaban J connectivity index is 2.14. The topological polar surface area (TPSA) is 39.2 Å². The van der Waals surface area contributed by atoms with E-state index in [9.17, 15) is 0 Å². The van der Waals surface area contributed by atoms with Crippen LogP contribution in [0.15, 0.2) is 22.8 Å². The van der Waals surface area contributed by atoms with Gasteiger partial charge in [0, 0.05) is 5.39 Å². The molecule has 0 fully saturated rings. The summed E-state index contributed by atoms with van der Waals surface area (Å²) in [6.45, 7) is 0.686. The van der Waals surface area contributed by atoms with Gasteiger partial charge in [-0.15, -0.1) is 0 Å². The lowest BCUT2D eigenvalue weighted by Gasteiger charge is -2.15. The maximum atomic E-state index is 5.61. The van der Waals surface area contributed by atoms with Crippen molar-refractivity contribution in [2.45, 2.75) is 32.1 Å². The number of nitrogens with two attached hydrogens (primary N) is 1. The van der Waals surface area contributed by atoms with Crippen LogP contribution in [0.2, 0.25) is 0 Å². The van der Waals surface area contributed by atoms with Crippen molar-refractivity contribution in [1.29, 1.82) is 0 Å². The van der Waals surface area contributed by atoms with Crippen LogP contribution in [0.4, 0.5) is 0 Å². The SMILES string of the molecule is NCCc1coc2cc3c(cc12)CCCC3. The number of hydrogen-bond donors (Lipinski definition) is 1. The molecular formula is C14H17NO. The number of furan rings is 1. The molecule has 2 nitrogen and oxygen atoms in total. The second kappa shape index (κ2) is 3.95. The third-order valence-corrected chi connectivity index (χ3v) is 3.53. The predicted molar refractivity (Wildman–Crippen MR) is 65.6 cm³/mol. The molecule has 0 radical (unpaired) electrons. The van der Waals surface area contributed by atoms with Crippen molar-refractivity contribution in [3.05, 3.63) is 35.1 Å². The zero-order valence-corrected chi connectivity index (χ0v) is 9.46. The zero-order chi connectivity index (χ0) is 11.0. The lowest BCUT2D eigenvalue weighted by atomic mass is 9.90. The standard InChI is InChI=1S/C14H17NO/c15-6-5-12-9-16-14-8-11-4-2-1-3-10(11)7-13(12)14/h7-9H,1-6,15H2. The molecule has 0 atom stereocenters. The monoisotopic (exact) mass is 215 g/mol. The summed E-state index contributed by atoms with van der Waals surface area (Å²) in [6, 6.07) is 4.54. The summed E-state index contributed by atoms with van der Waals surface area (Å²) in [5, 5.41) is 1.27. The van der Waals surface area contributed by atoms with Crippen LogP contribution in [0.3, 0.4) is 0 Å². The van der Waals surface area contributed by atoms with E-state index in [0.717, 1.165) is 12.0 Å². The molecule has 1 aromatic heterocycles. The van der Waals surface area contributed by atoms with Gasteiger partial charge in [0.05, 0.1) is 6.26 Å². The van der Waals surface area contributed by atoms with E-state index in [1.165, 1.54) is 47.8 Å². The quantitative estimate of drug-likeness (QED) is 0.836. The van der Waals surface area contributed by atoms with Crippen LogP contribution in [-0.4, -0.2) is 6.54 Å². The molecule has 0 spiro atoms. The van der Waals surface area contributed by atoms with Crippen molar-refractivity contribution in [2.75, 3.05) is 6.54 Å². The van der Waals surface area contributed by atoms with E-state index < -0.39 is 0 Å². The fourth-order valence-electron chi connectivity index (χ4n) is 2.66. The van der Waals surface area contributed by atoms with Gasteiger partial charge in [0.1, 0.15) is 5.58 Å². The first-order valence-corrected chi connectivity index (χ1v) is 6.10. The molecule has 2 aromatic rings. The highest BCUT2D eigenvalue weighted by atomic mass is 16.3. The number of rotatable bonds is 2. The summed E-state index contributed by atoms with van der Waals surface area (Å²) in [6.07, 6.45) is 7.84. The molecule has 0 saturated heterocycles. The molecule has 0 saturated carbocycles. The third-order valence-electron chi connectivity index (χ3n) is 3.53. The molecule has 0 amide bonds. The first-order chi connectivity index (χ1) is 7.88. The van der Waals surface area contributed by atoms with E-state index in [4.69, 9.17) is 10.2 Å². The van der Waals surface area contributed by atoms with Gasteiger partial charge in [-0.3, -0.25) is 0 Å². The Morgan fingerprint density at radius 2 is 1.88 bits per heavy atom. The van der Waals surface area contributed by atoms with Gasteiger partial charge < -0.3 is 10.2 Å². The first kappa shape index (κ1) is 9.91. The summed E-state index contributed by atoms with van der Waals surface area (Å²) in [4.78, 5) is 0. The highest BCUT2D eigenvalue weighted by Crippen LogP contribution is 2.29. The molecular weight excluding hydrogens is 198 g/mol. The Kier molecular flexibility index (Phi) is 2.44. The lowest BCUT2D eigenvalue weighted by molar-refractivity contribution is 0.608. The van der Waals surface area contributed by atoms with Crippen molar-refractivity contribution >= 4 is 11.0 Å². The minimum Gasteiger partial charge on any atom is -0.464 e. The molecule has 0 bridgehead atoms. The molecule has 84 valence electrons. The predicted octanol–water partition coefficient (Wildman–Crippen LogP) is 2.81. The van der Waals surface area contributed by atoms with Crippen LogP contribution in [0, 0.1) is 0 Å². The maximum Gasteiger partial charge on any atom is 0.134 e. The van der Waals surface area contributed by atoms with Crippen LogP contribution >= 0.6 is 0 Å². The molecule has 0 unspecified atom stereocenters. The van der Waals surface area contributed by atoms with Gasteiger partial charge in [-0.1, -0.05) is 0 Å². The zero-order valence-electron chi connectivity index (χ0n) is 9.46. The van der Waals surface area contributed by atoms with Crippen LogP contribution in [0.1, 0.15) is 29.5 Å². The molecule has 16 heavy (non-hydrogen) atoms. The summed E-state index contributed by atoms with van der Waals surface area (Å²) in [7, 11) is 0. The maximum absolute atomic E-state index is 5.61. The summed E-state index contributed by atoms with van der Waals surface area (Å²) in [5.74, 6) is 0. The summed E-state index contributed by atoms with van der Waals surface area (Å²) >= 11 is 0. The van der Waals surface area contributed by atoms with Gasteiger partial charge in [0.2, 0.25) is 0 Å². The molecule has 2 N–H and O–H groups in total. The number of benzene rings is 1. The Labute approximate surface area is 95.4 Å². The number of aryl methyl sites for hydroxylation is 2. The highest BCUT2D eigenvalue weighted by Gasteiger charge is 2.13. The van der Waals surface area contributed by atoms with Crippen LogP contribution in [0.25, 0.3) is 11.0 Å². The minimum absolute atomic E-state index is 0.686. The van der Waals surface area contributed by atoms with Crippen LogP contribution in [-0.2, 0) is 19.3 Å². The molecule has 2 heteroatoms.